The van der Waals surface area contributed by atoms with Crippen LogP contribution in [0.25, 0.3) is 22.6 Å². The number of rotatable bonds is 2. The van der Waals surface area contributed by atoms with Gasteiger partial charge in [-0.2, -0.15) is 0 Å². The van der Waals surface area contributed by atoms with E-state index >= 15 is 0 Å². The fraction of sp³-hybridized carbons (Fsp3) is 0.167. The van der Waals surface area contributed by atoms with E-state index in [1.54, 1.807) is 11.3 Å². The van der Waals surface area contributed by atoms with Crippen molar-refractivity contribution in [1.29, 1.82) is 0 Å². The molecule has 0 spiro atoms. The minimum atomic E-state index is 0.858. The number of benzene rings is 1. The average Bonchev–Trinajstić information content (AvgIpc) is 2.95. The van der Waals surface area contributed by atoms with Crippen LogP contribution in [0.3, 0.4) is 0 Å². The molecule has 1 N–H and O–H groups in total. The molecule has 0 saturated carbocycles. The van der Waals surface area contributed by atoms with Gasteiger partial charge in [0.2, 0.25) is 0 Å². The molecule has 4 heteroatoms. The molecular formula is C12H11N3S. The Kier molecular flexibility index (Phi) is 2.22. The van der Waals surface area contributed by atoms with Gasteiger partial charge in [0.25, 0.3) is 0 Å². The fourth-order valence-corrected chi connectivity index (χ4v) is 2.39. The second-order valence-electron chi connectivity index (χ2n) is 3.58. The Morgan fingerprint density at radius 1 is 1.25 bits per heavy atom. The summed E-state index contributed by atoms with van der Waals surface area (Å²) in [5, 5.41) is 3.20. The van der Waals surface area contributed by atoms with Crippen LogP contribution in [-0.4, -0.2) is 15.0 Å². The Balaban J connectivity index is 2.11. The highest BCUT2D eigenvalue weighted by Gasteiger charge is 2.07. The fourth-order valence-electron chi connectivity index (χ4n) is 1.66. The van der Waals surface area contributed by atoms with E-state index in [9.17, 15) is 0 Å². The van der Waals surface area contributed by atoms with E-state index in [0.29, 0.717) is 0 Å². The number of H-pyrrole nitrogens is 1. The molecule has 0 radical (unpaired) electrons. The van der Waals surface area contributed by atoms with Crippen molar-refractivity contribution >= 4 is 22.4 Å². The smallest absolute Gasteiger partial charge is 0.158 e. The maximum atomic E-state index is 4.52. The van der Waals surface area contributed by atoms with Crippen LogP contribution in [0.4, 0.5) is 0 Å². The lowest BCUT2D eigenvalue weighted by atomic mass is 10.3. The zero-order valence-electron chi connectivity index (χ0n) is 8.90. The minimum absolute atomic E-state index is 0.858. The summed E-state index contributed by atoms with van der Waals surface area (Å²) < 4.78 is 0. The van der Waals surface area contributed by atoms with Gasteiger partial charge in [0.1, 0.15) is 5.69 Å². The van der Waals surface area contributed by atoms with Crippen LogP contribution < -0.4 is 0 Å². The molecular weight excluding hydrogens is 218 g/mol. The van der Waals surface area contributed by atoms with Crippen LogP contribution in [0.1, 0.15) is 11.9 Å². The summed E-state index contributed by atoms with van der Waals surface area (Å²) in [6.45, 7) is 2.11. The molecule has 0 bridgehead atoms. The molecule has 0 aliphatic heterocycles. The van der Waals surface area contributed by atoms with Crippen molar-refractivity contribution in [2.75, 3.05) is 0 Å². The quantitative estimate of drug-likeness (QED) is 0.733. The van der Waals surface area contributed by atoms with Crippen LogP contribution in [0.5, 0.6) is 0 Å². The van der Waals surface area contributed by atoms with Crippen molar-refractivity contribution in [2.24, 2.45) is 0 Å². The molecule has 0 fully saturated rings. The second kappa shape index (κ2) is 3.72. The molecule has 0 aliphatic carbocycles. The van der Waals surface area contributed by atoms with Gasteiger partial charge in [0, 0.05) is 5.38 Å². The van der Waals surface area contributed by atoms with E-state index < -0.39 is 0 Å². The van der Waals surface area contributed by atoms with E-state index in [-0.39, 0.29) is 0 Å². The highest BCUT2D eigenvalue weighted by molar-refractivity contribution is 7.09. The summed E-state index contributed by atoms with van der Waals surface area (Å²) in [4.78, 5) is 12.3. The van der Waals surface area contributed by atoms with Gasteiger partial charge < -0.3 is 4.98 Å². The Labute approximate surface area is 97.2 Å². The second-order valence-corrected chi connectivity index (χ2v) is 4.53. The predicted molar refractivity (Wildman–Crippen MR) is 66.6 cm³/mol. The zero-order valence-corrected chi connectivity index (χ0v) is 9.71. The van der Waals surface area contributed by atoms with E-state index in [4.69, 9.17) is 0 Å². The van der Waals surface area contributed by atoms with Crippen molar-refractivity contribution in [2.45, 2.75) is 13.3 Å². The Morgan fingerprint density at radius 2 is 2.12 bits per heavy atom. The molecule has 2 aromatic heterocycles. The van der Waals surface area contributed by atoms with Gasteiger partial charge in [-0.25, -0.2) is 9.97 Å². The first-order chi connectivity index (χ1) is 7.86. The highest BCUT2D eigenvalue weighted by Crippen LogP contribution is 2.22. The summed E-state index contributed by atoms with van der Waals surface area (Å²) in [5.74, 6) is 0.858. The first kappa shape index (κ1) is 9.54. The topological polar surface area (TPSA) is 41.6 Å². The number of imidazole rings is 1. The number of fused-ring (bicyclic) bond motifs is 1. The number of aromatic nitrogens is 3. The number of hydrogen-bond acceptors (Lipinski definition) is 3. The Morgan fingerprint density at radius 3 is 2.88 bits per heavy atom. The van der Waals surface area contributed by atoms with Crippen LogP contribution in [0.15, 0.2) is 29.6 Å². The predicted octanol–water partition coefficient (Wildman–Crippen LogP) is 3.25. The molecule has 16 heavy (non-hydrogen) atoms. The number of hydrogen-bond donors (Lipinski definition) is 1. The first-order valence-electron chi connectivity index (χ1n) is 5.26. The van der Waals surface area contributed by atoms with Crippen molar-refractivity contribution in [3.63, 3.8) is 0 Å². The number of nitrogens with one attached hydrogen (secondary N) is 1. The molecule has 3 nitrogen and oxygen atoms in total. The van der Waals surface area contributed by atoms with Gasteiger partial charge in [-0.05, 0) is 18.6 Å². The Bertz CT molecular complexity index is 591. The lowest BCUT2D eigenvalue weighted by Gasteiger charge is -1.87. The van der Waals surface area contributed by atoms with Gasteiger partial charge in [0.05, 0.1) is 16.0 Å². The molecule has 0 aliphatic rings. The van der Waals surface area contributed by atoms with E-state index in [1.807, 2.05) is 24.3 Å². The molecule has 1 aromatic carbocycles. The number of thiazole rings is 1. The molecule has 0 unspecified atom stereocenters. The van der Waals surface area contributed by atoms with Gasteiger partial charge in [0.15, 0.2) is 5.82 Å². The molecule has 80 valence electrons. The zero-order chi connectivity index (χ0) is 11.0. The SMILES string of the molecule is CCc1nc(-c2nc3ccccc3[nH]2)cs1. The van der Waals surface area contributed by atoms with Gasteiger partial charge >= 0.3 is 0 Å². The van der Waals surface area contributed by atoms with E-state index in [1.165, 1.54) is 0 Å². The van der Waals surface area contributed by atoms with Crippen LogP contribution in [0.2, 0.25) is 0 Å². The normalized spacial score (nSPS) is 11.1. The van der Waals surface area contributed by atoms with Crippen molar-refractivity contribution in [3.05, 3.63) is 34.7 Å². The lowest BCUT2D eigenvalue weighted by Crippen LogP contribution is -1.82. The summed E-state index contributed by atoms with van der Waals surface area (Å²) in [7, 11) is 0. The molecule has 0 atom stereocenters. The monoisotopic (exact) mass is 229 g/mol. The number of para-hydroxylation sites is 2. The average molecular weight is 229 g/mol. The Hall–Kier alpha value is -1.68. The standard InChI is InChI=1S/C12H11N3S/c1-2-11-13-10(7-16-11)12-14-8-5-3-4-6-9(8)15-12/h3-7H,2H2,1H3,(H,14,15). The molecule has 2 heterocycles. The van der Waals surface area contributed by atoms with Crippen molar-refractivity contribution in [3.8, 4) is 11.5 Å². The van der Waals surface area contributed by atoms with Gasteiger partial charge in [-0.3, -0.25) is 0 Å². The summed E-state index contributed by atoms with van der Waals surface area (Å²) in [5.41, 5.74) is 2.99. The van der Waals surface area contributed by atoms with E-state index in [0.717, 1.165) is 34.0 Å². The number of nitrogens with zero attached hydrogens (tertiary/aromatic N) is 2. The summed E-state index contributed by atoms with van der Waals surface area (Å²) in [6.07, 6.45) is 0.977. The lowest BCUT2D eigenvalue weighted by molar-refractivity contribution is 1.09. The maximum absolute atomic E-state index is 4.52. The van der Waals surface area contributed by atoms with Crippen molar-refractivity contribution < 1.29 is 0 Å². The molecule has 3 rings (SSSR count). The first-order valence-corrected chi connectivity index (χ1v) is 6.14. The van der Waals surface area contributed by atoms with Crippen LogP contribution >= 0.6 is 11.3 Å². The third kappa shape index (κ3) is 1.51. The highest BCUT2D eigenvalue weighted by atomic mass is 32.1. The number of aromatic amines is 1. The third-order valence-corrected chi connectivity index (χ3v) is 3.48. The van der Waals surface area contributed by atoms with E-state index in [2.05, 4.69) is 27.3 Å². The summed E-state index contributed by atoms with van der Waals surface area (Å²) in [6, 6.07) is 8.02. The number of aryl methyl sites for hydroxylation is 1. The largest absolute Gasteiger partial charge is 0.337 e. The third-order valence-electron chi connectivity index (χ3n) is 2.49. The molecule has 0 saturated heterocycles. The molecule has 3 aromatic rings. The van der Waals surface area contributed by atoms with Gasteiger partial charge in [-0.1, -0.05) is 19.1 Å². The van der Waals surface area contributed by atoms with Crippen LogP contribution in [0, 0.1) is 0 Å². The van der Waals surface area contributed by atoms with Crippen LogP contribution in [-0.2, 0) is 6.42 Å². The maximum Gasteiger partial charge on any atom is 0.158 e. The summed E-state index contributed by atoms with van der Waals surface area (Å²) >= 11 is 1.68. The van der Waals surface area contributed by atoms with Gasteiger partial charge in [-0.15, -0.1) is 11.3 Å². The minimum Gasteiger partial charge on any atom is -0.337 e. The van der Waals surface area contributed by atoms with Crippen molar-refractivity contribution in [1.82, 2.24) is 15.0 Å². The molecule has 0 amide bonds.